The Labute approximate surface area is 320 Å². The summed E-state index contributed by atoms with van der Waals surface area (Å²) in [5.41, 5.74) is -3.01. The SMILES string of the molecule is CCN(/C=C(/C(=O)C(F)(F)F)c1ccccc1)c1nc(N(/C=C(/C(=O)C(F)(F)F)c2ccccc2)CC)nc(N(/C=C(/C(=O)C(F)(F)F)c2ccccc2)CC)n1. The van der Waals surface area contributed by atoms with Crippen molar-refractivity contribution in [3.05, 3.63) is 126 Å². The molecular formula is C39H33F9N6O3. The Hall–Kier alpha value is -6.33. The van der Waals surface area contributed by atoms with E-state index in [-0.39, 0.29) is 36.3 Å². The summed E-state index contributed by atoms with van der Waals surface area (Å²) in [6.45, 7) is 3.62. The number of hydrogen-bond donors (Lipinski definition) is 0. The fraction of sp³-hybridized carbons (Fsp3) is 0.231. The molecule has 57 heavy (non-hydrogen) atoms. The van der Waals surface area contributed by atoms with E-state index >= 15 is 0 Å². The smallest absolute Gasteiger partial charge is 0.317 e. The number of alkyl halides is 9. The molecule has 4 rings (SSSR count). The summed E-state index contributed by atoms with van der Waals surface area (Å²) in [6, 6.07) is 20.3. The number of rotatable bonds is 15. The van der Waals surface area contributed by atoms with Crippen LogP contribution in [0.5, 0.6) is 0 Å². The Morgan fingerprint density at radius 1 is 0.439 bits per heavy atom. The molecule has 0 fully saturated rings. The number of carbonyl (C=O) groups excluding carboxylic acids is 3. The van der Waals surface area contributed by atoms with Gasteiger partial charge in [-0.25, -0.2) is 0 Å². The third kappa shape index (κ3) is 10.9. The molecule has 0 unspecified atom stereocenters. The Kier molecular flexibility index (Phi) is 13.8. The van der Waals surface area contributed by atoms with Crippen LogP contribution in [-0.4, -0.2) is 70.5 Å². The van der Waals surface area contributed by atoms with E-state index in [0.29, 0.717) is 0 Å². The molecule has 3 aromatic carbocycles. The maximum atomic E-state index is 13.9. The number of carbonyl (C=O) groups is 3. The summed E-state index contributed by atoms with van der Waals surface area (Å²) in [7, 11) is 0. The third-order valence-corrected chi connectivity index (χ3v) is 8.01. The molecule has 1 heterocycles. The Morgan fingerprint density at radius 3 is 0.825 bits per heavy atom. The molecule has 18 heteroatoms. The molecule has 4 aromatic rings. The molecule has 0 bridgehead atoms. The van der Waals surface area contributed by atoms with Crippen LogP contribution >= 0.6 is 0 Å². The van der Waals surface area contributed by atoms with Crippen molar-refractivity contribution < 1.29 is 53.9 Å². The second kappa shape index (κ2) is 18.1. The van der Waals surface area contributed by atoms with Crippen LogP contribution < -0.4 is 14.7 Å². The van der Waals surface area contributed by atoms with Gasteiger partial charge >= 0.3 is 18.5 Å². The van der Waals surface area contributed by atoms with Crippen molar-refractivity contribution in [2.75, 3.05) is 34.3 Å². The van der Waals surface area contributed by atoms with Gasteiger partial charge in [0.15, 0.2) is 0 Å². The van der Waals surface area contributed by atoms with Gasteiger partial charge in [0.1, 0.15) is 0 Å². The minimum Gasteiger partial charge on any atom is -0.317 e. The maximum absolute atomic E-state index is 13.9. The van der Waals surface area contributed by atoms with Crippen LogP contribution in [0, 0.1) is 0 Å². The summed E-state index contributed by atoms with van der Waals surface area (Å²) >= 11 is 0. The number of ketones is 3. The molecular weight excluding hydrogens is 771 g/mol. The highest BCUT2D eigenvalue weighted by molar-refractivity contribution is 6.25. The molecule has 0 radical (unpaired) electrons. The number of nitrogens with zero attached hydrogens (tertiary/aromatic N) is 6. The lowest BCUT2D eigenvalue weighted by Gasteiger charge is -2.26. The molecule has 0 spiro atoms. The van der Waals surface area contributed by atoms with Gasteiger partial charge < -0.3 is 14.7 Å². The van der Waals surface area contributed by atoms with Crippen molar-refractivity contribution in [1.82, 2.24) is 15.0 Å². The summed E-state index contributed by atoms with van der Waals surface area (Å²) in [6.07, 6.45) is -13.6. The fourth-order valence-corrected chi connectivity index (χ4v) is 5.17. The zero-order valence-electron chi connectivity index (χ0n) is 30.3. The Balaban J connectivity index is 2.06. The Morgan fingerprint density at radius 2 is 0.649 bits per heavy atom. The van der Waals surface area contributed by atoms with E-state index in [1.165, 1.54) is 112 Å². The number of halogens is 9. The molecule has 1 aromatic heterocycles. The molecule has 0 aliphatic heterocycles. The molecule has 300 valence electrons. The van der Waals surface area contributed by atoms with Gasteiger partial charge in [0.05, 0.1) is 16.7 Å². The monoisotopic (exact) mass is 804 g/mol. The number of benzene rings is 3. The van der Waals surface area contributed by atoms with Crippen LogP contribution in [0.4, 0.5) is 57.4 Å². The average molecular weight is 805 g/mol. The van der Waals surface area contributed by atoms with Crippen LogP contribution in [0.15, 0.2) is 110 Å². The van der Waals surface area contributed by atoms with Crippen molar-refractivity contribution in [1.29, 1.82) is 0 Å². The standard InChI is InChI=1S/C39H33F9N6O3/c1-4-52(22-28(31(55)37(40,41)42)25-16-10-7-11-17-25)34-49-35(53(5-2)23-29(32(56)38(43,44)45)26-18-12-8-13-19-26)51-36(50-34)54(6-3)24-30(33(57)39(46,47)48)27-20-14-9-15-21-27/h7-24H,4-6H2,1-3H3/b28-22+,29-23+,30-24+. The van der Waals surface area contributed by atoms with Crippen LogP contribution in [0.3, 0.4) is 0 Å². The van der Waals surface area contributed by atoms with Crippen LogP contribution in [0.25, 0.3) is 16.7 Å². The topological polar surface area (TPSA) is 99.6 Å². The zero-order chi connectivity index (χ0) is 42.1. The van der Waals surface area contributed by atoms with Crippen molar-refractivity contribution in [3.8, 4) is 0 Å². The van der Waals surface area contributed by atoms with Crippen LogP contribution in [0.2, 0.25) is 0 Å². The average Bonchev–Trinajstić information content (AvgIpc) is 3.18. The van der Waals surface area contributed by atoms with E-state index in [1.807, 2.05) is 0 Å². The number of allylic oxidation sites excluding steroid dienone is 3. The molecule has 9 nitrogen and oxygen atoms in total. The largest absolute Gasteiger partial charge is 0.454 e. The highest BCUT2D eigenvalue weighted by Crippen LogP contribution is 2.32. The van der Waals surface area contributed by atoms with Gasteiger partial charge in [0.25, 0.3) is 17.3 Å². The van der Waals surface area contributed by atoms with Gasteiger partial charge in [0.2, 0.25) is 17.8 Å². The number of Topliss-reactive ketones (excluding diaryl/α,β-unsaturated/α-hetero) is 3. The molecule has 0 amide bonds. The Bertz CT molecular complexity index is 1880. The minimum absolute atomic E-state index is 0.152. The van der Waals surface area contributed by atoms with Crippen molar-refractivity contribution in [2.24, 2.45) is 0 Å². The lowest BCUT2D eigenvalue weighted by Crippen LogP contribution is -2.30. The number of aromatic nitrogens is 3. The second-order valence-corrected chi connectivity index (χ2v) is 11.8. The number of anilines is 3. The van der Waals surface area contributed by atoms with E-state index in [1.54, 1.807) is 0 Å². The molecule has 0 N–H and O–H groups in total. The second-order valence-electron chi connectivity index (χ2n) is 11.8. The lowest BCUT2D eigenvalue weighted by molar-refractivity contribution is -0.164. The molecule has 0 saturated heterocycles. The fourth-order valence-electron chi connectivity index (χ4n) is 5.17. The van der Waals surface area contributed by atoms with E-state index in [4.69, 9.17) is 0 Å². The van der Waals surface area contributed by atoms with Crippen molar-refractivity contribution >= 4 is 51.9 Å². The summed E-state index contributed by atoms with van der Waals surface area (Å²) in [4.78, 5) is 54.1. The predicted octanol–water partition coefficient (Wildman–Crippen LogP) is 8.87. The molecule has 0 atom stereocenters. The van der Waals surface area contributed by atoms with Crippen LogP contribution in [-0.2, 0) is 14.4 Å². The first-order valence-electron chi connectivity index (χ1n) is 17.0. The quantitative estimate of drug-likeness (QED) is 0.0862. The summed E-state index contributed by atoms with van der Waals surface area (Å²) < 4.78 is 125. The van der Waals surface area contributed by atoms with E-state index < -0.39 is 70.4 Å². The third-order valence-electron chi connectivity index (χ3n) is 8.01. The van der Waals surface area contributed by atoms with Gasteiger partial charge in [-0.2, -0.15) is 54.5 Å². The first kappa shape index (κ1) is 43.4. The van der Waals surface area contributed by atoms with Crippen LogP contribution in [0.1, 0.15) is 37.5 Å². The highest BCUT2D eigenvalue weighted by Gasteiger charge is 2.43. The van der Waals surface area contributed by atoms with E-state index in [9.17, 15) is 53.9 Å². The van der Waals surface area contributed by atoms with Crippen molar-refractivity contribution in [2.45, 2.75) is 39.3 Å². The van der Waals surface area contributed by atoms with Crippen molar-refractivity contribution in [3.63, 3.8) is 0 Å². The highest BCUT2D eigenvalue weighted by atomic mass is 19.4. The first-order valence-corrected chi connectivity index (χ1v) is 17.0. The predicted molar refractivity (Wildman–Crippen MR) is 195 cm³/mol. The molecule has 0 aliphatic carbocycles. The zero-order valence-corrected chi connectivity index (χ0v) is 30.3. The van der Waals surface area contributed by atoms with Gasteiger partial charge in [-0.3, -0.25) is 14.4 Å². The summed E-state index contributed by atoms with van der Waals surface area (Å²) in [5, 5.41) is 0. The summed E-state index contributed by atoms with van der Waals surface area (Å²) in [5.74, 6) is -8.25. The van der Waals surface area contributed by atoms with E-state index in [0.717, 1.165) is 33.3 Å². The van der Waals surface area contributed by atoms with Gasteiger partial charge in [-0.05, 0) is 37.5 Å². The normalized spacial score (nSPS) is 12.9. The first-order chi connectivity index (χ1) is 26.8. The number of hydrogen-bond acceptors (Lipinski definition) is 9. The van der Waals surface area contributed by atoms with Gasteiger partial charge in [0, 0.05) is 38.2 Å². The minimum atomic E-state index is -5.35. The maximum Gasteiger partial charge on any atom is 0.454 e. The van der Waals surface area contributed by atoms with Gasteiger partial charge in [-0.15, -0.1) is 0 Å². The molecule has 0 aliphatic rings. The van der Waals surface area contributed by atoms with E-state index in [2.05, 4.69) is 15.0 Å². The molecule has 0 saturated carbocycles. The lowest BCUT2D eigenvalue weighted by atomic mass is 10.0. The van der Waals surface area contributed by atoms with Gasteiger partial charge in [-0.1, -0.05) is 91.0 Å².